The van der Waals surface area contributed by atoms with Gasteiger partial charge in [0, 0.05) is 12.1 Å². The molecule has 0 aliphatic carbocycles. The van der Waals surface area contributed by atoms with E-state index in [0.29, 0.717) is 25.1 Å². The summed E-state index contributed by atoms with van der Waals surface area (Å²) in [5, 5.41) is 0. The summed E-state index contributed by atoms with van der Waals surface area (Å²) >= 11 is 0. The Morgan fingerprint density at radius 2 is 1.89 bits per heavy atom. The monoisotopic (exact) mass is 261 g/mol. The van der Waals surface area contributed by atoms with Crippen molar-refractivity contribution in [2.24, 2.45) is 0 Å². The summed E-state index contributed by atoms with van der Waals surface area (Å²) in [7, 11) is 0. The average Bonchev–Trinajstić information content (AvgIpc) is 2.24. The van der Waals surface area contributed by atoms with E-state index in [-0.39, 0.29) is 6.42 Å². The Hall–Kier alpha value is -1.39. The molecule has 0 radical (unpaired) electrons. The van der Waals surface area contributed by atoms with Crippen molar-refractivity contribution in [3.8, 4) is 5.75 Å². The zero-order valence-electron chi connectivity index (χ0n) is 10.4. The standard InChI is InChI=1S/C13H18F3NO/c1-10-9-11(17)5-6-12(10)18-8-4-2-3-7-13(14,15)16/h5-6,9H,2-4,7-8,17H2,1H3. The molecule has 1 aromatic rings. The molecule has 0 aliphatic rings. The van der Waals surface area contributed by atoms with E-state index in [4.69, 9.17) is 10.5 Å². The van der Waals surface area contributed by atoms with Crippen LogP contribution in [-0.4, -0.2) is 12.8 Å². The molecular weight excluding hydrogens is 243 g/mol. The first-order valence-corrected chi connectivity index (χ1v) is 5.94. The summed E-state index contributed by atoms with van der Waals surface area (Å²) in [5.41, 5.74) is 7.21. The van der Waals surface area contributed by atoms with Gasteiger partial charge in [0.25, 0.3) is 0 Å². The van der Waals surface area contributed by atoms with Gasteiger partial charge in [-0.05, 0) is 49.9 Å². The molecule has 0 amide bonds. The number of hydrogen-bond acceptors (Lipinski definition) is 2. The molecule has 1 aromatic carbocycles. The van der Waals surface area contributed by atoms with Gasteiger partial charge in [0.1, 0.15) is 5.75 Å². The van der Waals surface area contributed by atoms with E-state index < -0.39 is 12.6 Å². The number of aryl methyl sites for hydroxylation is 1. The quantitative estimate of drug-likeness (QED) is 0.618. The van der Waals surface area contributed by atoms with E-state index >= 15 is 0 Å². The Kier molecular flexibility index (Phi) is 5.31. The summed E-state index contributed by atoms with van der Waals surface area (Å²) in [4.78, 5) is 0. The van der Waals surface area contributed by atoms with Crippen molar-refractivity contribution in [2.75, 3.05) is 12.3 Å². The van der Waals surface area contributed by atoms with Crippen LogP contribution in [-0.2, 0) is 0 Å². The molecule has 0 fully saturated rings. The van der Waals surface area contributed by atoms with Gasteiger partial charge in [0.2, 0.25) is 0 Å². The van der Waals surface area contributed by atoms with Crippen LogP contribution < -0.4 is 10.5 Å². The van der Waals surface area contributed by atoms with Gasteiger partial charge < -0.3 is 10.5 Å². The number of benzene rings is 1. The van der Waals surface area contributed by atoms with Crippen molar-refractivity contribution < 1.29 is 17.9 Å². The molecule has 0 bridgehead atoms. The first kappa shape index (κ1) is 14.7. The Balaban J connectivity index is 2.18. The first-order chi connectivity index (χ1) is 8.38. The molecule has 0 spiro atoms. The van der Waals surface area contributed by atoms with Crippen LogP contribution in [0.15, 0.2) is 18.2 Å². The van der Waals surface area contributed by atoms with E-state index in [1.54, 1.807) is 18.2 Å². The van der Waals surface area contributed by atoms with Gasteiger partial charge in [0.15, 0.2) is 0 Å². The molecule has 0 aliphatic heterocycles. The SMILES string of the molecule is Cc1cc(N)ccc1OCCCCCC(F)(F)F. The van der Waals surface area contributed by atoms with Gasteiger partial charge in [-0.1, -0.05) is 0 Å². The first-order valence-electron chi connectivity index (χ1n) is 5.94. The maximum atomic E-state index is 11.9. The van der Waals surface area contributed by atoms with E-state index in [9.17, 15) is 13.2 Å². The number of nitrogen functional groups attached to an aromatic ring is 1. The lowest BCUT2D eigenvalue weighted by Gasteiger charge is -2.10. The summed E-state index contributed by atoms with van der Waals surface area (Å²) in [6, 6.07) is 5.32. The molecule has 0 aromatic heterocycles. The van der Waals surface area contributed by atoms with Crippen LogP contribution >= 0.6 is 0 Å². The lowest BCUT2D eigenvalue weighted by Crippen LogP contribution is -2.07. The largest absolute Gasteiger partial charge is 0.493 e. The molecule has 102 valence electrons. The number of hydrogen-bond donors (Lipinski definition) is 1. The molecule has 0 atom stereocenters. The molecular formula is C13H18F3NO. The van der Waals surface area contributed by atoms with Crippen molar-refractivity contribution in [1.29, 1.82) is 0 Å². The number of alkyl halides is 3. The highest BCUT2D eigenvalue weighted by atomic mass is 19.4. The summed E-state index contributed by atoms with van der Waals surface area (Å²) in [5.74, 6) is 0.736. The molecule has 0 heterocycles. The fourth-order valence-electron chi connectivity index (χ4n) is 1.62. The van der Waals surface area contributed by atoms with Crippen LogP contribution in [0.2, 0.25) is 0 Å². The van der Waals surface area contributed by atoms with Crippen LogP contribution in [0.4, 0.5) is 18.9 Å². The molecule has 2 nitrogen and oxygen atoms in total. The molecule has 0 saturated heterocycles. The third kappa shape index (κ3) is 5.80. The van der Waals surface area contributed by atoms with E-state index in [0.717, 1.165) is 11.3 Å². The van der Waals surface area contributed by atoms with Crippen molar-refractivity contribution in [1.82, 2.24) is 0 Å². The number of ether oxygens (including phenoxy) is 1. The summed E-state index contributed by atoms with van der Waals surface area (Å²) < 4.78 is 41.1. The van der Waals surface area contributed by atoms with Crippen LogP contribution in [0, 0.1) is 6.92 Å². The van der Waals surface area contributed by atoms with Gasteiger partial charge in [0.05, 0.1) is 6.61 Å². The van der Waals surface area contributed by atoms with Crippen molar-refractivity contribution in [2.45, 2.75) is 38.8 Å². The van der Waals surface area contributed by atoms with Crippen LogP contribution in [0.25, 0.3) is 0 Å². The van der Waals surface area contributed by atoms with Gasteiger partial charge in [-0.2, -0.15) is 13.2 Å². The second-order valence-corrected chi connectivity index (χ2v) is 4.30. The highest BCUT2D eigenvalue weighted by Gasteiger charge is 2.25. The highest BCUT2D eigenvalue weighted by molar-refractivity contribution is 5.47. The zero-order chi connectivity index (χ0) is 13.6. The zero-order valence-corrected chi connectivity index (χ0v) is 10.4. The average molecular weight is 261 g/mol. The summed E-state index contributed by atoms with van der Waals surface area (Å²) in [6.45, 7) is 2.32. The highest BCUT2D eigenvalue weighted by Crippen LogP contribution is 2.23. The Labute approximate surface area is 105 Å². The number of nitrogens with two attached hydrogens (primary N) is 1. The Morgan fingerprint density at radius 3 is 2.50 bits per heavy atom. The molecule has 0 unspecified atom stereocenters. The molecule has 5 heteroatoms. The topological polar surface area (TPSA) is 35.2 Å². The maximum Gasteiger partial charge on any atom is 0.389 e. The molecule has 18 heavy (non-hydrogen) atoms. The van der Waals surface area contributed by atoms with Crippen LogP contribution in [0.1, 0.15) is 31.2 Å². The van der Waals surface area contributed by atoms with Crippen LogP contribution in [0.5, 0.6) is 5.75 Å². The second kappa shape index (κ2) is 6.52. The minimum Gasteiger partial charge on any atom is -0.493 e. The van der Waals surface area contributed by atoms with Gasteiger partial charge in [-0.15, -0.1) is 0 Å². The predicted molar refractivity (Wildman–Crippen MR) is 65.6 cm³/mol. The summed E-state index contributed by atoms with van der Waals surface area (Å²) in [6.07, 6.45) is -3.46. The van der Waals surface area contributed by atoms with Crippen molar-refractivity contribution in [3.63, 3.8) is 0 Å². The normalized spacial score (nSPS) is 11.6. The Morgan fingerprint density at radius 1 is 1.17 bits per heavy atom. The lowest BCUT2D eigenvalue weighted by molar-refractivity contribution is -0.135. The number of anilines is 1. The fraction of sp³-hybridized carbons (Fsp3) is 0.538. The van der Waals surface area contributed by atoms with E-state index in [1.807, 2.05) is 6.92 Å². The third-order valence-corrected chi connectivity index (χ3v) is 2.56. The third-order valence-electron chi connectivity index (χ3n) is 2.56. The second-order valence-electron chi connectivity index (χ2n) is 4.30. The number of rotatable bonds is 6. The molecule has 0 saturated carbocycles. The maximum absolute atomic E-state index is 11.9. The Bertz CT molecular complexity index is 377. The molecule has 1 rings (SSSR count). The van der Waals surface area contributed by atoms with E-state index in [1.165, 1.54) is 0 Å². The van der Waals surface area contributed by atoms with Crippen LogP contribution in [0.3, 0.4) is 0 Å². The molecule has 2 N–H and O–H groups in total. The van der Waals surface area contributed by atoms with Gasteiger partial charge >= 0.3 is 6.18 Å². The lowest BCUT2D eigenvalue weighted by atomic mass is 10.2. The minimum atomic E-state index is -4.05. The predicted octanol–water partition coefficient (Wildman–Crippen LogP) is 4.08. The fourth-order valence-corrected chi connectivity index (χ4v) is 1.62. The smallest absolute Gasteiger partial charge is 0.389 e. The minimum absolute atomic E-state index is 0.160. The van der Waals surface area contributed by atoms with E-state index in [2.05, 4.69) is 0 Å². The van der Waals surface area contributed by atoms with Gasteiger partial charge in [-0.3, -0.25) is 0 Å². The van der Waals surface area contributed by atoms with Crippen molar-refractivity contribution in [3.05, 3.63) is 23.8 Å². The number of unbranched alkanes of at least 4 members (excludes halogenated alkanes) is 2. The van der Waals surface area contributed by atoms with Crippen molar-refractivity contribution >= 4 is 5.69 Å². The van der Waals surface area contributed by atoms with Gasteiger partial charge in [-0.25, -0.2) is 0 Å². The number of halogens is 3.